The van der Waals surface area contributed by atoms with Crippen molar-refractivity contribution in [3.8, 4) is 0 Å². The van der Waals surface area contributed by atoms with Crippen molar-refractivity contribution in [2.24, 2.45) is 10.8 Å². The Morgan fingerprint density at radius 2 is 2.05 bits per heavy atom. The number of hydrogen-bond donors (Lipinski definition) is 1. The first-order valence-corrected chi connectivity index (χ1v) is 6.87. The Morgan fingerprint density at radius 1 is 1.26 bits per heavy atom. The van der Waals surface area contributed by atoms with Gasteiger partial charge in [-0.15, -0.1) is 10.2 Å². The fraction of sp³-hybridized carbons (Fsp3) is 0.250. The number of rotatable bonds is 3. The molecule has 0 radical (unpaired) electrons. The van der Waals surface area contributed by atoms with Gasteiger partial charge in [-0.2, -0.15) is 9.78 Å². The van der Waals surface area contributed by atoms with E-state index in [4.69, 9.17) is 5.73 Å². The van der Waals surface area contributed by atoms with Gasteiger partial charge < -0.3 is 5.73 Å². The zero-order chi connectivity index (χ0) is 13.2. The highest BCUT2D eigenvalue weighted by Crippen LogP contribution is 2.24. The minimum Gasteiger partial charge on any atom is -0.330 e. The summed E-state index contributed by atoms with van der Waals surface area (Å²) in [4.78, 5) is 0. The fourth-order valence-corrected chi connectivity index (χ4v) is 2.69. The summed E-state index contributed by atoms with van der Waals surface area (Å²) in [5.41, 5.74) is 7.33. The van der Waals surface area contributed by atoms with E-state index in [-0.39, 0.29) is 5.82 Å². The maximum Gasteiger partial charge on any atom is 0.212 e. The molecular weight excluding hydrogens is 265 g/mol. The molecular formula is C12H12FN5S. The summed E-state index contributed by atoms with van der Waals surface area (Å²) in [6.45, 7) is 0.504. The molecule has 1 aromatic carbocycles. The lowest BCUT2D eigenvalue weighted by Crippen LogP contribution is -2.16. The molecule has 5 nitrogen and oxygen atoms in total. The van der Waals surface area contributed by atoms with Crippen LogP contribution in [0, 0.1) is 5.82 Å². The first kappa shape index (κ1) is 12.3. The number of benzene rings is 1. The number of thioether (sulfide) groups is 1. The Labute approximate surface area is 113 Å². The minimum absolute atomic E-state index is 0.249. The Bertz CT molecular complexity index is 620. The maximum atomic E-state index is 12.9. The van der Waals surface area contributed by atoms with Crippen LogP contribution in [0.4, 0.5) is 4.39 Å². The molecule has 0 unspecified atom stereocenters. The molecule has 0 aliphatic carbocycles. The molecule has 1 aromatic heterocycles. The molecule has 0 spiro atoms. The van der Waals surface area contributed by atoms with E-state index < -0.39 is 0 Å². The highest BCUT2D eigenvalue weighted by Gasteiger charge is 2.19. The Balaban J connectivity index is 1.98. The van der Waals surface area contributed by atoms with Crippen molar-refractivity contribution in [3.63, 3.8) is 0 Å². The van der Waals surface area contributed by atoms with Gasteiger partial charge in [0.25, 0.3) is 0 Å². The van der Waals surface area contributed by atoms with Gasteiger partial charge in [-0.3, -0.25) is 0 Å². The highest BCUT2D eigenvalue weighted by atomic mass is 32.2. The number of nitrogens with two attached hydrogens (primary N) is 1. The Morgan fingerprint density at radius 3 is 2.79 bits per heavy atom. The summed E-state index contributed by atoms with van der Waals surface area (Å²) in [6, 6.07) is 6.33. The van der Waals surface area contributed by atoms with Gasteiger partial charge in [0.1, 0.15) is 5.82 Å². The van der Waals surface area contributed by atoms with Crippen molar-refractivity contribution in [3.05, 3.63) is 41.5 Å². The fourth-order valence-electron chi connectivity index (χ4n) is 1.84. The van der Waals surface area contributed by atoms with Crippen molar-refractivity contribution in [2.75, 3.05) is 12.3 Å². The van der Waals surface area contributed by atoms with Crippen LogP contribution in [0.2, 0.25) is 0 Å². The summed E-state index contributed by atoms with van der Waals surface area (Å²) in [6.07, 6.45) is 0.633. The monoisotopic (exact) mass is 277 g/mol. The average Bonchev–Trinajstić information content (AvgIpc) is 2.83. The van der Waals surface area contributed by atoms with Gasteiger partial charge >= 0.3 is 0 Å². The number of hydrogen-bond acceptors (Lipinski definition) is 5. The van der Waals surface area contributed by atoms with Crippen molar-refractivity contribution in [2.45, 2.75) is 11.6 Å². The summed E-state index contributed by atoms with van der Waals surface area (Å²) in [7, 11) is 0. The topological polar surface area (TPSA) is 69.1 Å². The SMILES string of the molecule is NCCc1nnc2n1N=C(c1ccc(F)cc1)CS2. The summed E-state index contributed by atoms with van der Waals surface area (Å²) < 4.78 is 14.6. The molecule has 0 saturated heterocycles. The van der Waals surface area contributed by atoms with E-state index in [1.54, 1.807) is 28.6 Å². The lowest BCUT2D eigenvalue weighted by atomic mass is 10.1. The standard InChI is InChI=1S/C12H12FN5S/c13-9-3-1-8(2-4-9)10-7-19-12-16-15-11(5-6-14)18(12)17-10/h1-4H,5-7,14H2. The third kappa shape index (κ3) is 2.39. The van der Waals surface area contributed by atoms with E-state index in [1.807, 2.05) is 0 Å². The van der Waals surface area contributed by atoms with Gasteiger partial charge in [-0.05, 0) is 24.2 Å². The van der Waals surface area contributed by atoms with Gasteiger partial charge in [-0.25, -0.2) is 4.39 Å². The van der Waals surface area contributed by atoms with Crippen LogP contribution < -0.4 is 5.73 Å². The molecule has 1 aliphatic heterocycles. The predicted octanol–water partition coefficient (Wildman–Crippen LogP) is 1.28. The molecule has 0 amide bonds. The van der Waals surface area contributed by atoms with Crippen LogP contribution >= 0.6 is 11.8 Å². The highest BCUT2D eigenvalue weighted by molar-refractivity contribution is 7.99. The quantitative estimate of drug-likeness (QED) is 0.917. The molecule has 98 valence electrons. The third-order valence-corrected chi connectivity index (χ3v) is 3.71. The first-order chi connectivity index (χ1) is 9.28. The zero-order valence-electron chi connectivity index (χ0n) is 10.1. The van der Waals surface area contributed by atoms with Crippen LogP contribution in [-0.2, 0) is 6.42 Å². The van der Waals surface area contributed by atoms with Crippen molar-refractivity contribution >= 4 is 17.5 Å². The van der Waals surface area contributed by atoms with Crippen LogP contribution in [0.1, 0.15) is 11.4 Å². The molecule has 2 heterocycles. The number of fused-ring (bicyclic) bond motifs is 1. The largest absolute Gasteiger partial charge is 0.330 e. The first-order valence-electron chi connectivity index (χ1n) is 5.89. The van der Waals surface area contributed by atoms with Gasteiger partial charge in [0.2, 0.25) is 5.16 Å². The summed E-state index contributed by atoms with van der Waals surface area (Å²) >= 11 is 1.57. The molecule has 2 aromatic rings. The summed E-state index contributed by atoms with van der Waals surface area (Å²) in [5, 5.41) is 13.5. The van der Waals surface area contributed by atoms with Crippen LogP contribution in [0.3, 0.4) is 0 Å². The van der Waals surface area contributed by atoms with E-state index in [9.17, 15) is 4.39 Å². The van der Waals surface area contributed by atoms with Gasteiger partial charge in [0, 0.05) is 12.2 Å². The lowest BCUT2D eigenvalue weighted by Gasteiger charge is -2.13. The van der Waals surface area contributed by atoms with Crippen molar-refractivity contribution < 1.29 is 4.39 Å². The second kappa shape index (κ2) is 5.10. The van der Waals surface area contributed by atoms with Crippen molar-refractivity contribution in [1.29, 1.82) is 0 Å². The number of aromatic nitrogens is 3. The third-order valence-electron chi connectivity index (χ3n) is 2.78. The Hall–Kier alpha value is -1.73. The molecule has 1 aliphatic rings. The molecule has 0 atom stereocenters. The summed E-state index contributed by atoms with van der Waals surface area (Å²) in [5.74, 6) is 1.21. The van der Waals surface area contributed by atoms with Gasteiger partial charge in [0.05, 0.1) is 5.71 Å². The number of nitrogens with zero attached hydrogens (tertiary/aromatic N) is 4. The predicted molar refractivity (Wildman–Crippen MR) is 71.8 cm³/mol. The second-order valence-electron chi connectivity index (χ2n) is 4.09. The molecule has 0 fully saturated rings. The van der Waals surface area contributed by atoms with Crippen LogP contribution in [0.15, 0.2) is 34.5 Å². The smallest absolute Gasteiger partial charge is 0.212 e. The molecule has 0 saturated carbocycles. The van der Waals surface area contributed by atoms with E-state index in [1.165, 1.54) is 12.1 Å². The zero-order valence-corrected chi connectivity index (χ0v) is 10.9. The van der Waals surface area contributed by atoms with Crippen LogP contribution in [-0.4, -0.2) is 32.9 Å². The average molecular weight is 277 g/mol. The lowest BCUT2D eigenvalue weighted by molar-refractivity contribution is 0.627. The molecule has 2 N–H and O–H groups in total. The van der Waals surface area contributed by atoms with Crippen LogP contribution in [0.5, 0.6) is 0 Å². The molecule has 19 heavy (non-hydrogen) atoms. The van der Waals surface area contributed by atoms with Gasteiger partial charge in [-0.1, -0.05) is 23.9 Å². The number of halogens is 1. The van der Waals surface area contributed by atoms with Crippen LogP contribution in [0.25, 0.3) is 0 Å². The second-order valence-corrected chi connectivity index (χ2v) is 5.03. The molecule has 7 heteroatoms. The van der Waals surface area contributed by atoms with E-state index in [0.29, 0.717) is 18.7 Å². The Kier molecular flexibility index (Phi) is 3.31. The maximum absolute atomic E-state index is 12.9. The normalized spacial score (nSPS) is 14.1. The van der Waals surface area contributed by atoms with E-state index in [0.717, 1.165) is 22.3 Å². The molecule has 3 rings (SSSR count). The minimum atomic E-state index is -0.249. The van der Waals surface area contributed by atoms with Gasteiger partial charge in [0.15, 0.2) is 5.82 Å². The van der Waals surface area contributed by atoms with Crippen molar-refractivity contribution in [1.82, 2.24) is 14.9 Å². The van der Waals surface area contributed by atoms with E-state index in [2.05, 4.69) is 15.3 Å². The molecule has 0 bridgehead atoms. The van der Waals surface area contributed by atoms with E-state index >= 15 is 0 Å².